The topological polar surface area (TPSA) is 55.6 Å². The summed E-state index contributed by atoms with van der Waals surface area (Å²) in [6, 6.07) is 13.6. The number of benzene rings is 2. The molecule has 4 rings (SSSR count). The molecule has 5 heteroatoms. The Morgan fingerprint density at radius 1 is 1.04 bits per heavy atom. The molecule has 0 atom stereocenters. The maximum atomic E-state index is 12.5. The Morgan fingerprint density at radius 2 is 1.75 bits per heavy atom. The minimum atomic E-state index is 0.0624. The van der Waals surface area contributed by atoms with Gasteiger partial charge in [-0.3, -0.25) is 4.79 Å². The number of aryl methyl sites for hydroxylation is 1. The molecule has 1 aliphatic heterocycles. The van der Waals surface area contributed by atoms with Crippen molar-refractivity contribution in [1.29, 1.82) is 0 Å². The predicted octanol–water partition coefficient (Wildman–Crippen LogP) is 3.28. The fraction of sp³-hybridized carbons (Fsp3) is 0.263. The van der Waals surface area contributed by atoms with Crippen molar-refractivity contribution in [2.24, 2.45) is 0 Å². The lowest BCUT2D eigenvalue weighted by Gasteiger charge is -2.26. The SMILES string of the molecule is Cc1nc2cc(-c3ccc(C(=O)N4CCOCC4)cc3)ccc2o1. The molecular weight excluding hydrogens is 304 g/mol. The number of aromatic nitrogens is 1. The molecule has 1 amide bonds. The Kier molecular flexibility index (Phi) is 3.78. The molecule has 1 aromatic heterocycles. The summed E-state index contributed by atoms with van der Waals surface area (Å²) in [7, 11) is 0. The fourth-order valence-corrected chi connectivity index (χ4v) is 2.98. The number of rotatable bonds is 2. The second-order valence-electron chi connectivity index (χ2n) is 5.90. The van der Waals surface area contributed by atoms with Crippen LogP contribution in [0.25, 0.3) is 22.2 Å². The molecule has 3 aromatic rings. The van der Waals surface area contributed by atoms with Crippen LogP contribution in [0, 0.1) is 6.92 Å². The Labute approximate surface area is 139 Å². The second kappa shape index (κ2) is 6.09. The van der Waals surface area contributed by atoms with Gasteiger partial charge in [-0.15, -0.1) is 0 Å². The Morgan fingerprint density at radius 3 is 2.50 bits per heavy atom. The van der Waals surface area contributed by atoms with E-state index in [-0.39, 0.29) is 5.91 Å². The summed E-state index contributed by atoms with van der Waals surface area (Å²) in [6.07, 6.45) is 0. The van der Waals surface area contributed by atoms with Gasteiger partial charge >= 0.3 is 0 Å². The quantitative estimate of drug-likeness (QED) is 0.726. The summed E-state index contributed by atoms with van der Waals surface area (Å²) < 4.78 is 10.8. The van der Waals surface area contributed by atoms with E-state index in [4.69, 9.17) is 9.15 Å². The van der Waals surface area contributed by atoms with E-state index >= 15 is 0 Å². The van der Waals surface area contributed by atoms with E-state index in [0.29, 0.717) is 37.8 Å². The number of nitrogens with zero attached hydrogens (tertiary/aromatic N) is 2. The highest BCUT2D eigenvalue weighted by atomic mass is 16.5. The zero-order chi connectivity index (χ0) is 16.5. The lowest BCUT2D eigenvalue weighted by molar-refractivity contribution is 0.0303. The van der Waals surface area contributed by atoms with Crippen LogP contribution in [0.15, 0.2) is 46.9 Å². The average Bonchev–Trinajstić information content (AvgIpc) is 3.01. The van der Waals surface area contributed by atoms with E-state index in [1.165, 1.54) is 0 Å². The molecule has 0 spiro atoms. The smallest absolute Gasteiger partial charge is 0.254 e. The van der Waals surface area contributed by atoms with Gasteiger partial charge < -0.3 is 14.1 Å². The van der Waals surface area contributed by atoms with Gasteiger partial charge in [0.25, 0.3) is 5.91 Å². The van der Waals surface area contributed by atoms with Crippen LogP contribution < -0.4 is 0 Å². The van der Waals surface area contributed by atoms with Gasteiger partial charge in [0.15, 0.2) is 11.5 Å². The highest BCUT2D eigenvalue weighted by Crippen LogP contribution is 2.25. The first kappa shape index (κ1) is 14.9. The Hall–Kier alpha value is -2.66. The third-order valence-corrected chi connectivity index (χ3v) is 4.26. The number of morpholine rings is 1. The van der Waals surface area contributed by atoms with E-state index in [9.17, 15) is 4.79 Å². The molecule has 5 nitrogen and oxygen atoms in total. The van der Waals surface area contributed by atoms with E-state index in [0.717, 1.165) is 22.2 Å². The van der Waals surface area contributed by atoms with E-state index < -0.39 is 0 Å². The second-order valence-corrected chi connectivity index (χ2v) is 5.90. The summed E-state index contributed by atoms with van der Waals surface area (Å²) in [6.45, 7) is 4.37. The number of hydrogen-bond donors (Lipinski definition) is 0. The van der Waals surface area contributed by atoms with E-state index in [2.05, 4.69) is 4.98 Å². The van der Waals surface area contributed by atoms with Gasteiger partial charge in [0.2, 0.25) is 0 Å². The summed E-state index contributed by atoms with van der Waals surface area (Å²) in [5.41, 5.74) is 4.45. The van der Waals surface area contributed by atoms with Crippen LogP contribution in [0.4, 0.5) is 0 Å². The van der Waals surface area contributed by atoms with Gasteiger partial charge in [0, 0.05) is 25.6 Å². The third kappa shape index (κ3) is 2.78. The van der Waals surface area contributed by atoms with E-state index in [1.807, 2.05) is 54.3 Å². The van der Waals surface area contributed by atoms with Crippen LogP contribution in [0.5, 0.6) is 0 Å². The first-order valence-corrected chi connectivity index (χ1v) is 8.05. The van der Waals surface area contributed by atoms with Gasteiger partial charge in [-0.1, -0.05) is 18.2 Å². The minimum absolute atomic E-state index is 0.0624. The molecule has 1 fully saturated rings. The minimum Gasteiger partial charge on any atom is -0.441 e. The monoisotopic (exact) mass is 322 g/mol. The van der Waals surface area contributed by atoms with Crippen molar-refractivity contribution in [2.45, 2.75) is 6.92 Å². The van der Waals surface area contributed by atoms with Crippen LogP contribution in [0.1, 0.15) is 16.2 Å². The number of carbonyl (C=O) groups excluding carboxylic acids is 1. The lowest BCUT2D eigenvalue weighted by atomic mass is 10.0. The standard InChI is InChI=1S/C19H18N2O3/c1-13-20-17-12-16(6-7-18(17)24-13)14-2-4-15(5-3-14)19(22)21-8-10-23-11-9-21/h2-7,12H,8-11H2,1H3. The molecule has 0 N–H and O–H groups in total. The average molecular weight is 322 g/mol. The first-order chi connectivity index (χ1) is 11.7. The zero-order valence-corrected chi connectivity index (χ0v) is 13.5. The maximum absolute atomic E-state index is 12.5. The van der Waals surface area contributed by atoms with Gasteiger partial charge in [-0.25, -0.2) is 4.98 Å². The van der Waals surface area contributed by atoms with Gasteiger partial charge in [0.05, 0.1) is 13.2 Å². The molecule has 2 aromatic carbocycles. The number of oxazole rings is 1. The van der Waals surface area contributed by atoms with Crippen molar-refractivity contribution in [3.8, 4) is 11.1 Å². The van der Waals surface area contributed by atoms with Crippen molar-refractivity contribution in [3.05, 3.63) is 53.9 Å². The molecule has 0 unspecified atom stereocenters. The molecule has 0 saturated carbocycles. The summed E-state index contributed by atoms with van der Waals surface area (Å²) in [5.74, 6) is 0.723. The van der Waals surface area contributed by atoms with E-state index in [1.54, 1.807) is 0 Å². The molecule has 2 heterocycles. The van der Waals surface area contributed by atoms with Crippen molar-refractivity contribution in [3.63, 3.8) is 0 Å². The number of amides is 1. The Balaban J connectivity index is 1.58. The van der Waals surface area contributed by atoms with Crippen LogP contribution in [-0.4, -0.2) is 42.1 Å². The van der Waals surface area contributed by atoms with Crippen molar-refractivity contribution < 1.29 is 13.9 Å². The Bertz CT molecular complexity index is 877. The normalized spacial score (nSPS) is 15.0. The third-order valence-electron chi connectivity index (χ3n) is 4.26. The molecular formula is C19H18N2O3. The van der Waals surface area contributed by atoms with Crippen LogP contribution in [-0.2, 0) is 4.74 Å². The summed E-state index contributed by atoms with van der Waals surface area (Å²) >= 11 is 0. The molecule has 0 bridgehead atoms. The highest BCUT2D eigenvalue weighted by molar-refractivity contribution is 5.95. The van der Waals surface area contributed by atoms with Gasteiger partial charge in [0.1, 0.15) is 5.52 Å². The molecule has 1 saturated heterocycles. The molecule has 0 aliphatic carbocycles. The lowest BCUT2D eigenvalue weighted by Crippen LogP contribution is -2.40. The van der Waals surface area contributed by atoms with Gasteiger partial charge in [-0.05, 0) is 35.4 Å². The number of hydrogen-bond acceptors (Lipinski definition) is 4. The predicted molar refractivity (Wildman–Crippen MR) is 90.9 cm³/mol. The molecule has 122 valence electrons. The maximum Gasteiger partial charge on any atom is 0.254 e. The summed E-state index contributed by atoms with van der Waals surface area (Å²) in [4.78, 5) is 18.7. The largest absolute Gasteiger partial charge is 0.441 e. The summed E-state index contributed by atoms with van der Waals surface area (Å²) in [5, 5.41) is 0. The zero-order valence-electron chi connectivity index (χ0n) is 13.5. The van der Waals surface area contributed by atoms with Crippen LogP contribution >= 0.6 is 0 Å². The first-order valence-electron chi connectivity index (χ1n) is 8.05. The molecule has 24 heavy (non-hydrogen) atoms. The van der Waals surface area contributed by atoms with Crippen molar-refractivity contribution in [2.75, 3.05) is 26.3 Å². The molecule has 1 aliphatic rings. The van der Waals surface area contributed by atoms with Crippen LogP contribution in [0.2, 0.25) is 0 Å². The fourth-order valence-electron chi connectivity index (χ4n) is 2.98. The van der Waals surface area contributed by atoms with Crippen molar-refractivity contribution in [1.82, 2.24) is 9.88 Å². The highest BCUT2D eigenvalue weighted by Gasteiger charge is 2.18. The van der Waals surface area contributed by atoms with Gasteiger partial charge in [-0.2, -0.15) is 0 Å². The van der Waals surface area contributed by atoms with Crippen LogP contribution in [0.3, 0.4) is 0 Å². The number of ether oxygens (including phenoxy) is 1. The number of carbonyl (C=O) groups is 1. The van der Waals surface area contributed by atoms with Crippen molar-refractivity contribution >= 4 is 17.0 Å². The molecule has 0 radical (unpaired) electrons. The number of fused-ring (bicyclic) bond motifs is 1.